The monoisotopic (exact) mass is 704 g/mol. The van der Waals surface area contributed by atoms with E-state index >= 15 is 0 Å². The molecule has 0 radical (unpaired) electrons. The van der Waals surface area contributed by atoms with Gasteiger partial charge in [-0.2, -0.15) is 26.3 Å². The van der Waals surface area contributed by atoms with Crippen LogP contribution in [-0.4, -0.2) is 58.4 Å². The maximum atomic E-state index is 14.0. The number of carboxylic acid groups (broad SMARTS) is 1. The third-order valence-corrected chi connectivity index (χ3v) is 7.89. The predicted molar refractivity (Wildman–Crippen MR) is 165 cm³/mol. The Balaban J connectivity index is 0.000000219. The topological polar surface area (TPSA) is 113 Å². The first kappa shape index (κ1) is 35.6. The molecule has 6 rings (SSSR count). The number of carboxylic acids is 1. The van der Waals surface area contributed by atoms with Crippen LogP contribution in [-0.2, 0) is 12.4 Å². The van der Waals surface area contributed by atoms with Gasteiger partial charge in [-0.05, 0) is 38.1 Å². The number of aromatic nitrogens is 2. The van der Waals surface area contributed by atoms with E-state index < -0.39 is 35.4 Å². The highest BCUT2D eigenvalue weighted by molar-refractivity contribution is 6.01. The van der Waals surface area contributed by atoms with Gasteiger partial charge in [0, 0.05) is 37.3 Å². The van der Waals surface area contributed by atoms with Crippen LogP contribution in [0, 0.1) is 19.7 Å². The van der Waals surface area contributed by atoms with E-state index in [4.69, 9.17) is 9.63 Å². The number of benzene rings is 3. The van der Waals surface area contributed by atoms with E-state index in [1.807, 2.05) is 4.90 Å². The van der Waals surface area contributed by atoms with Crippen LogP contribution < -0.4 is 4.90 Å². The van der Waals surface area contributed by atoms with Crippen molar-refractivity contribution in [1.29, 1.82) is 0 Å². The summed E-state index contributed by atoms with van der Waals surface area (Å²) in [4.78, 5) is 27.6. The zero-order valence-corrected chi connectivity index (χ0v) is 26.3. The van der Waals surface area contributed by atoms with Crippen LogP contribution in [0.25, 0.3) is 22.5 Å². The molecule has 1 amide bonds. The zero-order chi connectivity index (χ0) is 36.4. The molecular formula is C34H27F7N4O5. The normalized spacial score (nSPS) is 13.5. The van der Waals surface area contributed by atoms with Gasteiger partial charge in [-0.15, -0.1) is 0 Å². The van der Waals surface area contributed by atoms with Crippen LogP contribution in [0.4, 0.5) is 36.4 Å². The molecule has 3 aromatic carbocycles. The lowest BCUT2D eigenvalue weighted by molar-refractivity contribution is -0.137. The first-order valence-electron chi connectivity index (χ1n) is 14.9. The molecule has 0 unspecified atom stereocenters. The number of hydrogen-bond donors (Lipinski definition) is 1. The van der Waals surface area contributed by atoms with Crippen molar-refractivity contribution < 1.29 is 54.5 Å². The first-order valence-corrected chi connectivity index (χ1v) is 14.9. The van der Waals surface area contributed by atoms with Crippen LogP contribution in [0.3, 0.4) is 0 Å². The Hall–Kier alpha value is -5.67. The Labute approximate surface area is 279 Å². The van der Waals surface area contributed by atoms with Crippen LogP contribution in [0.15, 0.2) is 81.8 Å². The third-order valence-electron chi connectivity index (χ3n) is 7.89. The number of aromatic carboxylic acids is 1. The molecule has 1 fully saturated rings. The molecule has 0 saturated carbocycles. The van der Waals surface area contributed by atoms with Gasteiger partial charge >= 0.3 is 18.3 Å². The SMILES string of the molecule is Cc1onc(-c2ccccc2C(F)(F)F)c1C(=O)N1CCN(c2ccccc2F)CC1.Cc1onc(-c2ccccc2C(F)(F)F)c1C(=O)O. The van der Waals surface area contributed by atoms with Crippen LogP contribution in [0.5, 0.6) is 0 Å². The fourth-order valence-corrected chi connectivity index (χ4v) is 5.51. The maximum Gasteiger partial charge on any atom is 0.417 e. The molecule has 2 aromatic heterocycles. The average molecular weight is 705 g/mol. The van der Waals surface area contributed by atoms with Gasteiger partial charge in [-0.3, -0.25) is 4.79 Å². The van der Waals surface area contributed by atoms with E-state index in [0.717, 1.165) is 18.2 Å². The number of carbonyl (C=O) groups excluding carboxylic acids is 1. The van der Waals surface area contributed by atoms with Crippen LogP contribution >= 0.6 is 0 Å². The fraction of sp³-hybridized carbons (Fsp3) is 0.235. The minimum atomic E-state index is -4.60. The van der Waals surface area contributed by atoms with Crippen molar-refractivity contribution in [3.05, 3.63) is 112 Å². The number of piperazine rings is 1. The van der Waals surface area contributed by atoms with E-state index in [1.165, 1.54) is 55.1 Å². The van der Waals surface area contributed by atoms with Crippen molar-refractivity contribution in [2.75, 3.05) is 31.1 Å². The molecule has 1 aliphatic heterocycles. The van der Waals surface area contributed by atoms with Gasteiger partial charge in [0.05, 0.1) is 16.8 Å². The number of aryl methyl sites for hydroxylation is 2. The van der Waals surface area contributed by atoms with E-state index in [9.17, 15) is 40.3 Å². The maximum absolute atomic E-state index is 14.0. The molecule has 16 heteroatoms. The summed E-state index contributed by atoms with van der Waals surface area (Å²) in [6, 6.07) is 16.0. The third kappa shape index (κ3) is 7.33. The average Bonchev–Trinajstić information content (AvgIpc) is 3.66. The molecule has 262 valence electrons. The number of para-hydroxylation sites is 1. The Morgan fingerprint density at radius 1 is 0.680 bits per heavy atom. The summed E-state index contributed by atoms with van der Waals surface area (Å²) >= 11 is 0. The highest BCUT2D eigenvalue weighted by Gasteiger charge is 2.38. The number of anilines is 1. The van der Waals surface area contributed by atoms with Crippen LogP contribution in [0.2, 0.25) is 0 Å². The van der Waals surface area contributed by atoms with Gasteiger partial charge in [-0.25, -0.2) is 9.18 Å². The lowest BCUT2D eigenvalue weighted by atomic mass is 9.99. The molecule has 0 atom stereocenters. The Bertz CT molecular complexity index is 2010. The van der Waals surface area contributed by atoms with Crippen molar-refractivity contribution >= 4 is 17.6 Å². The van der Waals surface area contributed by atoms with Gasteiger partial charge in [0.25, 0.3) is 5.91 Å². The molecule has 50 heavy (non-hydrogen) atoms. The molecule has 3 heterocycles. The zero-order valence-electron chi connectivity index (χ0n) is 26.3. The molecule has 0 bridgehead atoms. The minimum absolute atomic E-state index is 0.0102. The fourth-order valence-electron chi connectivity index (χ4n) is 5.51. The Kier molecular flexibility index (Phi) is 10.0. The van der Waals surface area contributed by atoms with Gasteiger partial charge in [0.1, 0.15) is 39.9 Å². The van der Waals surface area contributed by atoms with Crippen molar-refractivity contribution in [2.24, 2.45) is 0 Å². The summed E-state index contributed by atoms with van der Waals surface area (Å²) < 4.78 is 103. The van der Waals surface area contributed by atoms with Gasteiger partial charge in [0.2, 0.25) is 0 Å². The number of nitrogens with zero attached hydrogens (tertiary/aromatic N) is 4. The highest BCUT2D eigenvalue weighted by Crippen LogP contribution is 2.40. The summed E-state index contributed by atoms with van der Waals surface area (Å²) in [6.45, 7) is 4.19. The van der Waals surface area contributed by atoms with Crippen molar-refractivity contribution in [3.63, 3.8) is 0 Å². The number of amides is 1. The van der Waals surface area contributed by atoms with Gasteiger partial charge < -0.3 is 24.0 Å². The van der Waals surface area contributed by atoms with Crippen molar-refractivity contribution in [2.45, 2.75) is 26.2 Å². The van der Waals surface area contributed by atoms with Gasteiger partial charge in [-0.1, -0.05) is 58.8 Å². The molecule has 1 saturated heterocycles. The Morgan fingerprint density at radius 3 is 1.60 bits per heavy atom. The quantitative estimate of drug-likeness (QED) is 0.183. The first-order chi connectivity index (χ1) is 23.6. The van der Waals surface area contributed by atoms with Crippen LogP contribution in [0.1, 0.15) is 43.4 Å². The summed E-state index contributed by atoms with van der Waals surface area (Å²) in [5.74, 6) is -2.08. The van der Waals surface area contributed by atoms with E-state index in [1.54, 1.807) is 18.2 Å². The lowest BCUT2D eigenvalue weighted by Gasteiger charge is -2.36. The molecule has 1 N–H and O–H groups in total. The minimum Gasteiger partial charge on any atom is -0.477 e. The second-order valence-electron chi connectivity index (χ2n) is 11.0. The van der Waals surface area contributed by atoms with E-state index in [-0.39, 0.29) is 64.1 Å². The molecule has 5 aromatic rings. The van der Waals surface area contributed by atoms with Gasteiger partial charge in [0.15, 0.2) is 0 Å². The van der Waals surface area contributed by atoms with E-state index in [0.29, 0.717) is 18.8 Å². The lowest BCUT2D eigenvalue weighted by Crippen LogP contribution is -2.49. The summed E-state index contributed by atoms with van der Waals surface area (Å²) in [7, 11) is 0. The second-order valence-corrected chi connectivity index (χ2v) is 11.0. The number of carbonyl (C=O) groups is 2. The number of alkyl halides is 6. The molecular weight excluding hydrogens is 677 g/mol. The van der Waals surface area contributed by atoms with Crippen molar-refractivity contribution in [3.8, 4) is 22.5 Å². The molecule has 9 nitrogen and oxygen atoms in total. The number of halogens is 7. The molecule has 0 spiro atoms. The predicted octanol–water partition coefficient (Wildman–Crippen LogP) is 8.14. The van der Waals surface area contributed by atoms with Crippen molar-refractivity contribution in [1.82, 2.24) is 15.2 Å². The standard InChI is InChI=1S/C22H19F4N3O2.C12H8F3NO3/c1-14-19(20(27-31-14)15-6-2-3-7-16(15)22(24,25)26)21(30)29-12-10-28(11-13-29)18-9-5-4-8-17(18)23;1-6-9(11(17)18)10(16-19-6)7-4-2-3-5-8(7)12(13,14)15/h2-9H,10-13H2,1H3;2-5H,1H3,(H,17,18). The largest absolute Gasteiger partial charge is 0.477 e. The summed E-state index contributed by atoms with van der Waals surface area (Å²) in [6.07, 6.45) is -9.20. The Morgan fingerprint density at radius 2 is 1.12 bits per heavy atom. The summed E-state index contributed by atoms with van der Waals surface area (Å²) in [5, 5.41) is 16.2. The number of rotatable bonds is 5. The number of hydrogen-bond acceptors (Lipinski definition) is 7. The van der Waals surface area contributed by atoms with E-state index in [2.05, 4.69) is 14.8 Å². The molecule has 1 aliphatic rings. The smallest absolute Gasteiger partial charge is 0.417 e. The highest BCUT2D eigenvalue weighted by atomic mass is 19.4. The second kappa shape index (κ2) is 14.1. The molecule has 0 aliphatic carbocycles. The summed E-state index contributed by atoms with van der Waals surface area (Å²) in [5.41, 5.74) is -2.72.